The maximum absolute atomic E-state index is 6.13. The number of para-hydroxylation sites is 1. The Morgan fingerprint density at radius 2 is 1.73 bits per heavy atom. The summed E-state index contributed by atoms with van der Waals surface area (Å²) < 4.78 is 8.42. The molecule has 1 aromatic heterocycles. The molecule has 160 valence electrons. The molecule has 3 aromatic rings. The summed E-state index contributed by atoms with van der Waals surface area (Å²) in [5.74, 6) is 0.848. The monoisotopic (exact) mass is 425 g/mol. The zero-order valence-electron chi connectivity index (χ0n) is 18.3. The Kier molecular flexibility index (Phi) is 6.67. The van der Waals surface area contributed by atoms with Crippen LogP contribution in [0, 0.1) is 0 Å². The van der Waals surface area contributed by atoms with Crippen LogP contribution in [0.1, 0.15) is 24.1 Å². The number of nitrogens with zero attached hydrogens (tertiary/aromatic N) is 3. The number of likely N-dealkylation sites (tertiary alicyclic amines) is 1. The highest BCUT2D eigenvalue weighted by Crippen LogP contribution is 2.28. The highest BCUT2D eigenvalue weighted by molar-refractivity contribution is 6.30. The fraction of sp³-hybridized carbons (Fsp3) is 0.440. The number of ether oxygens (including phenoxy) is 1. The lowest BCUT2D eigenvalue weighted by atomic mass is 10.0. The second-order valence-corrected chi connectivity index (χ2v) is 8.97. The zero-order chi connectivity index (χ0) is 21.1. The lowest BCUT2D eigenvalue weighted by molar-refractivity contribution is 0.146. The van der Waals surface area contributed by atoms with E-state index in [0.29, 0.717) is 6.61 Å². The van der Waals surface area contributed by atoms with Gasteiger partial charge in [0.15, 0.2) is 0 Å². The third-order valence-corrected chi connectivity index (χ3v) is 6.75. The molecular formula is C25H32ClN3O. The van der Waals surface area contributed by atoms with Gasteiger partial charge in [0.1, 0.15) is 12.4 Å². The third-order valence-electron chi connectivity index (χ3n) is 6.50. The summed E-state index contributed by atoms with van der Waals surface area (Å²) in [4.78, 5) is 4.99. The first-order valence-electron chi connectivity index (χ1n) is 10.8. The molecule has 0 radical (unpaired) electrons. The Morgan fingerprint density at radius 3 is 2.43 bits per heavy atom. The Hall–Kier alpha value is -2.01. The average molecular weight is 426 g/mol. The predicted octanol–water partition coefficient (Wildman–Crippen LogP) is 4.98. The summed E-state index contributed by atoms with van der Waals surface area (Å²) >= 11 is 6.01. The Labute approximate surface area is 185 Å². The average Bonchev–Trinajstić information content (AvgIpc) is 3.03. The summed E-state index contributed by atoms with van der Waals surface area (Å²) in [6.07, 6.45) is 3.57. The van der Waals surface area contributed by atoms with Crippen LogP contribution in [0.5, 0.6) is 5.75 Å². The molecule has 0 amide bonds. The molecule has 0 aliphatic carbocycles. The Morgan fingerprint density at radius 1 is 1.03 bits per heavy atom. The van der Waals surface area contributed by atoms with Gasteiger partial charge in [-0.1, -0.05) is 29.8 Å². The number of benzene rings is 2. The van der Waals surface area contributed by atoms with E-state index in [0.717, 1.165) is 29.8 Å². The first kappa shape index (κ1) is 21.2. The quantitative estimate of drug-likeness (QED) is 0.532. The van der Waals surface area contributed by atoms with Crippen molar-refractivity contribution < 1.29 is 4.74 Å². The maximum Gasteiger partial charge on any atom is 0.128 e. The van der Waals surface area contributed by atoms with Gasteiger partial charge in [0.05, 0.1) is 5.69 Å². The van der Waals surface area contributed by atoms with Crippen molar-refractivity contribution in [2.24, 2.45) is 7.05 Å². The van der Waals surface area contributed by atoms with Crippen molar-refractivity contribution in [2.45, 2.75) is 31.9 Å². The molecule has 0 unspecified atom stereocenters. The van der Waals surface area contributed by atoms with Gasteiger partial charge in [-0.05, 0) is 82.3 Å². The molecule has 0 spiro atoms. The van der Waals surface area contributed by atoms with Crippen LogP contribution in [0.2, 0.25) is 5.02 Å². The van der Waals surface area contributed by atoms with Crippen molar-refractivity contribution in [1.82, 2.24) is 14.4 Å². The number of aromatic nitrogens is 1. The Bertz CT molecular complexity index is 972. The van der Waals surface area contributed by atoms with Crippen molar-refractivity contribution >= 4 is 22.5 Å². The minimum absolute atomic E-state index is 0.560. The van der Waals surface area contributed by atoms with E-state index in [2.05, 4.69) is 59.8 Å². The standard InChI is InChI=1S/C25H32ClN3O/c1-27(2)20-12-15-29(16-13-20)17-14-23-22-6-4-5-7-24(22)28(3)25(23)18-30-21-10-8-19(26)9-11-21/h4-11,20H,12-18H2,1-3H3. The number of piperidine rings is 1. The second kappa shape index (κ2) is 9.42. The molecule has 1 fully saturated rings. The van der Waals surface area contributed by atoms with Gasteiger partial charge in [0.25, 0.3) is 0 Å². The topological polar surface area (TPSA) is 20.6 Å². The van der Waals surface area contributed by atoms with E-state index in [1.54, 1.807) is 0 Å². The van der Waals surface area contributed by atoms with Crippen LogP contribution < -0.4 is 4.74 Å². The minimum Gasteiger partial charge on any atom is -0.487 e. The van der Waals surface area contributed by atoms with Gasteiger partial charge in [0.2, 0.25) is 0 Å². The molecule has 0 saturated carbocycles. The maximum atomic E-state index is 6.13. The van der Waals surface area contributed by atoms with Crippen molar-refractivity contribution in [2.75, 3.05) is 33.7 Å². The molecule has 4 rings (SSSR count). The molecule has 0 N–H and O–H groups in total. The van der Waals surface area contributed by atoms with E-state index in [9.17, 15) is 0 Å². The SMILES string of the molecule is CN(C)C1CCN(CCc2c(COc3ccc(Cl)cc3)n(C)c3ccccc23)CC1. The molecule has 1 aliphatic heterocycles. The molecule has 5 heteroatoms. The number of halogens is 1. The van der Waals surface area contributed by atoms with Gasteiger partial charge in [0, 0.05) is 35.6 Å². The van der Waals surface area contributed by atoms with Crippen LogP contribution in [-0.2, 0) is 20.1 Å². The smallest absolute Gasteiger partial charge is 0.128 e. The van der Waals surface area contributed by atoms with Crippen LogP contribution >= 0.6 is 11.6 Å². The molecule has 1 saturated heterocycles. The summed E-state index contributed by atoms with van der Waals surface area (Å²) in [5, 5.41) is 2.07. The lowest BCUT2D eigenvalue weighted by Gasteiger charge is -2.35. The molecular weight excluding hydrogens is 394 g/mol. The number of fused-ring (bicyclic) bond motifs is 1. The third kappa shape index (κ3) is 4.66. The fourth-order valence-corrected chi connectivity index (χ4v) is 4.73. The summed E-state index contributed by atoms with van der Waals surface area (Å²) in [5.41, 5.74) is 3.94. The fourth-order valence-electron chi connectivity index (χ4n) is 4.60. The van der Waals surface area contributed by atoms with E-state index in [-0.39, 0.29) is 0 Å². The molecule has 30 heavy (non-hydrogen) atoms. The van der Waals surface area contributed by atoms with E-state index >= 15 is 0 Å². The van der Waals surface area contributed by atoms with Crippen LogP contribution in [0.25, 0.3) is 10.9 Å². The summed E-state index contributed by atoms with van der Waals surface area (Å²) in [7, 11) is 6.54. The molecule has 0 atom stereocenters. The van der Waals surface area contributed by atoms with Crippen LogP contribution in [0.3, 0.4) is 0 Å². The van der Waals surface area contributed by atoms with Gasteiger partial charge in [-0.25, -0.2) is 0 Å². The first-order chi connectivity index (χ1) is 14.5. The van der Waals surface area contributed by atoms with Crippen LogP contribution in [0.15, 0.2) is 48.5 Å². The highest BCUT2D eigenvalue weighted by atomic mass is 35.5. The van der Waals surface area contributed by atoms with E-state index < -0.39 is 0 Å². The van der Waals surface area contributed by atoms with Gasteiger partial charge in [-0.2, -0.15) is 0 Å². The molecule has 1 aliphatic rings. The summed E-state index contributed by atoms with van der Waals surface area (Å²) in [6.45, 7) is 4.03. The normalized spacial score (nSPS) is 15.9. The van der Waals surface area contributed by atoms with Crippen molar-refractivity contribution in [3.63, 3.8) is 0 Å². The van der Waals surface area contributed by atoms with Crippen molar-refractivity contribution in [3.05, 3.63) is 64.8 Å². The highest BCUT2D eigenvalue weighted by Gasteiger charge is 2.22. The zero-order valence-corrected chi connectivity index (χ0v) is 19.0. The lowest BCUT2D eigenvalue weighted by Crippen LogP contribution is -2.42. The number of hydrogen-bond acceptors (Lipinski definition) is 3. The van der Waals surface area contributed by atoms with Gasteiger partial charge < -0.3 is 19.1 Å². The van der Waals surface area contributed by atoms with Crippen LogP contribution in [-0.4, -0.2) is 54.1 Å². The molecule has 4 nitrogen and oxygen atoms in total. The van der Waals surface area contributed by atoms with E-state index in [1.807, 2.05) is 24.3 Å². The van der Waals surface area contributed by atoms with Gasteiger partial charge in [-0.3, -0.25) is 0 Å². The predicted molar refractivity (Wildman–Crippen MR) is 126 cm³/mol. The number of hydrogen-bond donors (Lipinski definition) is 0. The van der Waals surface area contributed by atoms with Crippen LogP contribution in [0.4, 0.5) is 0 Å². The number of aryl methyl sites for hydroxylation is 1. The molecule has 0 bridgehead atoms. The minimum atomic E-state index is 0.560. The van der Waals surface area contributed by atoms with Crippen molar-refractivity contribution in [1.29, 1.82) is 0 Å². The first-order valence-corrected chi connectivity index (χ1v) is 11.2. The summed E-state index contributed by atoms with van der Waals surface area (Å²) in [6, 6.07) is 17.0. The second-order valence-electron chi connectivity index (χ2n) is 8.53. The molecule has 2 heterocycles. The van der Waals surface area contributed by atoms with Gasteiger partial charge >= 0.3 is 0 Å². The van der Waals surface area contributed by atoms with E-state index in [4.69, 9.17) is 16.3 Å². The largest absolute Gasteiger partial charge is 0.487 e. The molecule has 2 aromatic carbocycles. The Balaban J connectivity index is 1.50. The number of rotatable bonds is 7. The van der Waals surface area contributed by atoms with Gasteiger partial charge in [-0.15, -0.1) is 0 Å². The van der Waals surface area contributed by atoms with E-state index in [1.165, 1.54) is 48.1 Å². The van der Waals surface area contributed by atoms with Crippen molar-refractivity contribution in [3.8, 4) is 5.75 Å².